The van der Waals surface area contributed by atoms with Gasteiger partial charge in [0.05, 0.1) is 10.0 Å². The number of halogens is 5. The fourth-order valence-corrected chi connectivity index (χ4v) is 1.58. The molecule has 0 aliphatic rings. The molecule has 3 N–H and O–H groups in total. The molecule has 0 saturated heterocycles. The summed E-state index contributed by atoms with van der Waals surface area (Å²) in [5.41, 5.74) is 5.57. The topological polar surface area (TPSA) is 76.7 Å². The minimum atomic E-state index is -4.72. The first-order chi connectivity index (χ1) is 9.25. The van der Waals surface area contributed by atoms with Crippen LogP contribution in [0.15, 0.2) is 18.2 Å². The maximum Gasteiger partial charge on any atom is 0.451 e. The molecule has 0 aliphatic carbocycles. The fraction of sp³-hybridized carbons (Fsp3) is 0.100. The molecule has 10 heteroatoms. The first-order valence-electron chi connectivity index (χ1n) is 5.06. The van der Waals surface area contributed by atoms with Crippen molar-refractivity contribution in [3.05, 3.63) is 34.1 Å². The predicted octanol–water partition coefficient (Wildman–Crippen LogP) is 3.52. The van der Waals surface area contributed by atoms with E-state index in [4.69, 9.17) is 28.9 Å². The summed E-state index contributed by atoms with van der Waals surface area (Å²) >= 11 is 11.5. The molecule has 1 aromatic carbocycles. The number of benzene rings is 1. The number of alkyl halides is 3. The van der Waals surface area contributed by atoms with Gasteiger partial charge >= 0.3 is 6.18 Å². The van der Waals surface area contributed by atoms with Gasteiger partial charge in [-0.3, -0.25) is 0 Å². The number of nitrogens with one attached hydrogen (secondary N) is 1. The zero-order chi connectivity index (χ0) is 14.9. The first kappa shape index (κ1) is 14.6. The van der Waals surface area contributed by atoms with Crippen LogP contribution in [-0.2, 0) is 6.18 Å². The van der Waals surface area contributed by atoms with Gasteiger partial charge < -0.3 is 11.1 Å². The Morgan fingerprint density at radius 1 is 1.05 bits per heavy atom. The Morgan fingerprint density at radius 2 is 1.75 bits per heavy atom. The van der Waals surface area contributed by atoms with E-state index < -0.39 is 17.9 Å². The summed E-state index contributed by atoms with van der Waals surface area (Å²) in [7, 11) is 0. The average Bonchev–Trinajstić information content (AvgIpc) is 2.32. The van der Waals surface area contributed by atoms with Gasteiger partial charge in [-0.05, 0) is 18.2 Å². The van der Waals surface area contributed by atoms with Crippen molar-refractivity contribution in [3.63, 3.8) is 0 Å². The average molecular weight is 324 g/mol. The van der Waals surface area contributed by atoms with E-state index in [2.05, 4.69) is 20.3 Å². The fourth-order valence-electron chi connectivity index (χ4n) is 1.28. The number of nitrogen functional groups attached to an aromatic ring is 1. The monoisotopic (exact) mass is 323 g/mol. The molecule has 0 aliphatic heterocycles. The van der Waals surface area contributed by atoms with Gasteiger partial charge in [0, 0.05) is 5.69 Å². The van der Waals surface area contributed by atoms with Crippen LogP contribution in [-0.4, -0.2) is 15.0 Å². The number of rotatable bonds is 2. The Balaban J connectivity index is 2.33. The Labute approximate surface area is 121 Å². The van der Waals surface area contributed by atoms with E-state index in [0.717, 1.165) is 0 Å². The Hall–Kier alpha value is -1.80. The molecule has 0 saturated carbocycles. The molecule has 1 heterocycles. The zero-order valence-corrected chi connectivity index (χ0v) is 11.1. The van der Waals surface area contributed by atoms with E-state index in [1.165, 1.54) is 18.2 Å². The maximum atomic E-state index is 12.5. The Morgan fingerprint density at radius 3 is 2.35 bits per heavy atom. The lowest BCUT2D eigenvalue weighted by Gasteiger charge is -2.09. The van der Waals surface area contributed by atoms with E-state index in [0.29, 0.717) is 10.7 Å². The minimum Gasteiger partial charge on any atom is -0.368 e. The quantitative estimate of drug-likeness (QED) is 0.884. The van der Waals surface area contributed by atoms with Gasteiger partial charge in [-0.15, -0.1) is 0 Å². The second-order valence-corrected chi connectivity index (χ2v) is 4.41. The summed E-state index contributed by atoms with van der Waals surface area (Å²) in [5, 5.41) is 3.08. The number of hydrogen-bond acceptors (Lipinski definition) is 5. The van der Waals surface area contributed by atoms with Crippen molar-refractivity contribution >= 4 is 40.8 Å². The van der Waals surface area contributed by atoms with E-state index in [1.54, 1.807) is 0 Å². The molecule has 106 valence electrons. The van der Waals surface area contributed by atoms with E-state index in [1.807, 2.05) is 0 Å². The van der Waals surface area contributed by atoms with Gasteiger partial charge in [0.2, 0.25) is 17.7 Å². The molecule has 0 spiro atoms. The predicted molar refractivity (Wildman–Crippen MR) is 69.0 cm³/mol. The molecule has 0 unspecified atom stereocenters. The van der Waals surface area contributed by atoms with Gasteiger partial charge in [0.25, 0.3) is 0 Å². The van der Waals surface area contributed by atoms with Gasteiger partial charge in [0.15, 0.2) is 0 Å². The molecule has 2 aromatic rings. The summed E-state index contributed by atoms with van der Waals surface area (Å²) in [4.78, 5) is 9.82. The SMILES string of the molecule is Nc1nc(Nc2ccc(Cl)c(Cl)c2)nc(C(F)(F)F)n1. The Bertz CT molecular complexity index is 647. The van der Waals surface area contributed by atoms with Crippen LogP contribution in [0.4, 0.5) is 30.8 Å². The number of anilines is 3. The van der Waals surface area contributed by atoms with Crippen LogP contribution in [0.5, 0.6) is 0 Å². The van der Waals surface area contributed by atoms with Crippen LogP contribution < -0.4 is 11.1 Å². The summed E-state index contributed by atoms with van der Waals surface area (Å²) in [6.07, 6.45) is -4.72. The smallest absolute Gasteiger partial charge is 0.368 e. The number of aromatic nitrogens is 3. The lowest BCUT2D eigenvalue weighted by Crippen LogP contribution is -2.15. The van der Waals surface area contributed by atoms with E-state index >= 15 is 0 Å². The molecule has 0 bridgehead atoms. The van der Waals surface area contributed by atoms with Crippen molar-refractivity contribution in [2.75, 3.05) is 11.1 Å². The highest BCUT2D eigenvalue weighted by atomic mass is 35.5. The van der Waals surface area contributed by atoms with Crippen LogP contribution >= 0.6 is 23.2 Å². The van der Waals surface area contributed by atoms with Crippen molar-refractivity contribution in [2.45, 2.75) is 6.18 Å². The van der Waals surface area contributed by atoms with Crippen LogP contribution in [0.1, 0.15) is 5.82 Å². The number of hydrogen-bond donors (Lipinski definition) is 2. The normalized spacial score (nSPS) is 11.4. The van der Waals surface area contributed by atoms with E-state index in [-0.39, 0.29) is 11.0 Å². The van der Waals surface area contributed by atoms with Crippen molar-refractivity contribution < 1.29 is 13.2 Å². The highest BCUT2D eigenvalue weighted by Crippen LogP contribution is 2.29. The highest BCUT2D eigenvalue weighted by molar-refractivity contribution is 6.42. The molecule has 2 rings (SSSR count). The summed E-state index contributed by atoms with van der Waals surface area (Å²) in [6.45, 7) is 0. The van der Waals surface area contributed by atoms with Crippen LogP contribution in [0, 0.1) is 0 Å². The number of nitrogens with zero attached hydrogens (tertiary/aromatic N) is 3. The van der Waals surface area contributed by atoms with Crippen molar-refractivity contribution in [3.8, 4) is 0 Å². The van der Waals surface area contributed by atoms with Gasteiger partial charge in [-0.2, -0.15) is 28.1 Å². The van der Waals surface area contributed by atoms with Crippen molar-refractivity contribution in [1.82, 2.24) is 15.0 Å². The lowest BCUT2D eigenvalue weighted by atomic mass is 10.3. The van der Waals surface area contributed by atoms with Crippen LogP contribution in [0.3, 0.4) is 0 Å². The van der Waals surface area contributed by atoms with Crippen molar-refractivity contribution in [2.24, 2.45) is 0 Å². The molecule has 0 fully saturated rings. The third kappa shape index (κ3) is 3.40. The second-order valence-electron chi connectivity index (χ2n) is 3.59. The summed E-state index contributed by atoms with van der Waals surface area (Å²) in [6, 6.07) is 4.39. The van der Waals surface area contributed by atoms with Crippen molar-refractivity contribution in [1.29, 1.82) is 0 Å². The van der Waals surface area contributed by atoms with Crippen LogP contribution in [0.25, 0.3) is 0 Å². The minimum absolute atomic E-state index is 0.231. The number of nitrogens with two attached hydrogens (primary N) is 1. The molecule has 0 radical (unpaired) electrons. The second kappa shape index (κ2) is 5.29. The third-order valence-corrected chi connectivity index (χ3v) is 2.82. The molecule has 0 atom stereocenters. The summed E-state index contributed by atoms with van der Waals surface area (Å²) < 4.78 is 37.6. The van der Waals surface area contributed by atoms with E-state index in [9.17, 15) is 13.2 Å². The zero-order valence-electron chi connectivity index (χ0n) is 9.54. The largest absolute Gasteiger partial charge is 0.451 e. The first-order valence-corrected chi connectivity index (χ1v) is 5.82. The lowest BCUT2D eigenvalue weighted by molar-refractivity contribution is -0.144. The maximum absolute atomic E-state index is 12.5. The molecular formula is C10H6Cl2F3N5. The third-order valence-electron chi connectivity index (χ3n) is 2.08. The molecule has 20 heavy (non-hydrogen) atoms. The molecule has 5 nitrogen and oxygen atoms in total. The van der Waals surface area contributed by atoms with Gasteiger partial charge in [-0.1, -0.05) is 23.2 Å². The molecule has 0 amide bonds. The molecular weight excluding hydrogens is 318 g/mol. The van der Waals surface area contributed by atoms with Gasteiger partial charge in [-0.25, -0.2) is 0 Å². The summed E-state index contributed by atoms with van der Waals surface area (Å²) in [5.74, 6) is -2.27. The van der Waals surface area contributed by atoms with Crippen LogP contribution in [0.2, 0.25) is 10.0 Å². The standard InChI is InChI=1S/C10H6Cl2F3N5/c11-5-2-1-4(3-6(5)12)17-9-19-7(10(13,14)15)18-8(16)20-9/h1-3H,(H3,16,17,18,19,20). The van der Waals surface area contributed by atoms with Gasteiger partial charge in [0.1, 0.15) is 0 Å². The Kier molecular flexibility index (Phi) is 3.87. The highest BCUT2D eigenvalue weighted by Gasteiger charge is 2.35. The molecule has 1 aromatic heterocycles.